The lowest BCUT2D eigenvalue weighted by atomic mass is 9.93. The Labute approximate surface area is 128 Å². The molecule has 2 aromatic rings. The molecule has 1 aromatic carbocycles. The van der Waals surface area contributed by atoms with Crippen LogP contribution in [0, 0.1) is 0 Å². The van der Waals surface area contributed by atoms with Crippen LogP contribution in [0.15, 0.2) is 40.3 Å². The fourth-order valence-electron chi connectivity index (χ4n) is 2.58. The number of fused-ring (bicyclic) bond motifs is 1. The van der Waals surface area contributed by atoms with E-state index in [9.17, 15) is 0 Å². The lowest BCUT2D eigenvalue weighted by molar-refractivity contribution is 0.387. The number of halogens is 1. The van der Waals surface area contributed by atoms with E-state index in [2.05, 4.69) is 4.98 Å². The summed E-state index contributed by atoms with van der Waals surface area (Å²) in [6.07, 6.45) is 6.58. The monoisotopic (exact) mass is 305 g/mol. The lowest BCUT2D eigenvalue weighted by Gasteiger charge is -2.20. The van der Waals surface area contributed by atoms with Gasteiger partial charge in [0.25, 0.3) is 0 Å². The predicted molar refractivity (Wildman–Crippen MR) is 83.0 cm³/mol. The maximum absolute atomic E-state index is 5.93. The molecule has 4 heteroatoms. The van der Waals surface area contributed by atoms with Crippen molar-refractivity contribution in [2.24, 2.45) is 0 Å². The van der Waals surface area contributed by atoms with Crippen LogP contribution in [0.5, 0.6) is 5.88 Å². The minimum absolute atomic E-state index is 0.768. The molecule has 0 saturated carbocycles. The average Bonchev–Trinajstić information content (AvgIpc) is 2.50. The van der Waals surface area contributed by atoms with Gasteiger partial charge in [0.2, 0.25) is 5.88 Å². The molecule has 0 bridgehead atoms. The topological polar surface area (TPSA) is 22.1 Å². The van der Waals surface area contributed by atoms with Crippen molar-refractivity contribution in [1.29, 1.82) is 0 Å². The number of nitrogens with zero attached hydrogens (tertiary/aromatic N) is 1. The molecule has 0 spiro atoms. The van der Waals surface area contributed by atoms with Gasteiger partial charge in [-0.3, -0.25) is 0 Å². The summed E-state index contributed by atoms with van der Waals surface area (Å²) in [4.78, 5) is 6.88. The molecular formula is C16H16ClNOS. The zero-order chi connectivity index (χ0) is 13.9. The second-order valence-electron chi connectivity index (χ2n) is 4.85. The van der Waals surface area contributed by atoms with Gasteiger partial charge in [0, 0.05) is 26.6 Å². The van der Waals surface area contributed by atoms with E-state index in [4.69, 9.17) is 16.3 Å². The third-order valence-corrected chi connectivity index (χ3v) is 4.89. The van der Waals surface area contributed by atoms with Crippen LogP contribution in [0.1, 0.15) is 24.0 Å². The van der Waals surface area contributed by atoms with Crippen molar-refractivity contribution in [1.82, 2.24) is 4.98 Å². The van der Waals surface area contributed by atoms with Crippen LogP contribution in [0.4, 0.5) is 0 Å². The van der Waals surface area contributed by atoms with Gasteiger partial charge in [-0.25, -0.2) is 4.98 Å². The molecule has 0 unspecified atom stereocenters. The summed E-state index contributed by atoms with van der Waals surface area (Å²) in [6, 6.07) is 7.94. The number of pyridine rings is 1. The summed E-state index contributed by atoms with van der Waals surface area (Å²) in [5.41, 5.74) is 2.70. The highest BCUT2D eigenvalue weighted by Crippen LogP contribution is 2.38. The Bertz CT molecular complexity index is 613. The third-order valence-electron chi connectivity index (χ3n) is 3.56. The number of ether oxygens (including phenoxy) is 1. The number of rotatable bonds is 3. The molecule has 0 amide bonds. The van der Waals surface area contributed by atoms with Gasteiger partial charge in [-0.05, 0) is 55.5 Å². The normalized spacial score (nSPS) is 13.9. The van der Waals surface area contributed by atoms with Gasteiger partial charge in [-0.2, -0.15) is 0 Å². The summed E-state index contributed by atoms with van der Waals surface area (Å²) in [5.74, 6) is 0.792. The third kappa shape index (κ3) is 2.79. The average molecular weight is 306 g/mol. The van der Waals surface area contributed by atoms with E-state index in [0.29, 0.717) is 0 Å². The fraction of sp³-hybridized carbons (Fsp3) is 0.312. The van der Waals surface area contributed by atoms with Crippen molar-refractivity contribution in [3.05, 3.63) is 46.6 Å². The Morgan fingerprint density at radius 2 is 1.80 bits per heavy atom. The Hall–Kier alpha value is -1.19. The molecule has 1 aromatic heterocycles. The molecule has 0 fully saturated rings. The minimum Gasteiger partial charge on any atom is -0.481 e. The number of hydrogen-bond acceptors (Lipinski definition) is 3. The van der Waals surface area contributed by atoms with Crippen molar-refractivity contribution in [3.63, 3.8) is 0 Å². The van der Waals surface area contributed by atoms with Gasteiger partial charge < -0.3 is 4.74 Å². The van der Waals surface area contributed by atoms with E-state index in [0.717, 1.165) is 23.7 Å². The molecule has 0 aliphatic heterocycles. The first-order valence-corrected chi connectivity index (χ1v) is 7.95. The number of aromatic nitrogens is 1. The molecule has 1 aliphatic rings. The molecule has 0 radical (unpaired) electrons. The summed E-state index contributed by atoms with van der Waals surface area (Å²) < 4.78 is 5.40. The highest BCUT2D eigenvalue weighted by atomic mass is 35.5. The first-order valence-electron chi connectivity index (χ1n) is 6.76. The predicted octanol–water partition coefficient (Wildman–Crippen LogP) is 4.77. The maximum Gasteiger partial charge on any atom is 0.216 e. The van der Waals surface area contributed by atoms with E-state index < -0.39 is 0 Å². The van der Waals surface area contributed by atoms with E-state index in [1.54, 1.807) is 18.9 Å². The van der Waals surface area contributed by atoms with Crippen LogP contribution in [0.2, 0.25) is 5.02 Å². The Kier molecular flexibility index (Phi) is 4.18. The highest BCUT2D eigenvalue weighted by Gasteiger charge is 2.19. The van der Waals surface area contributed by atoms with Gasteiger partial charge in [-0.15, -0.1) is 0 Å². The second kappa shape index (κ2) is 6.06. The molecule has 1 heterocycles. The fourth-order valence-corrected chi connectivity index (χ4v) is 3.69. The quantitative estimate of drug-likeness (QED) is 0.815. The van der Waals surface area contributed by atoms with Crippen molar-refractivity contribution in [2.45, 2.75) is 35.5 Å². The van der Waals surface area contributed by atoms with Crippen molar-refractivity contribution >= 4 is 23.4 Å². The molecule has 104 valence electrons. The molecule has 0 N–H and O–H groups in total. The summed E-state index contributed by atoms with van der Waals surface area (Å²) in [5, 5.41) is 0.768. The smallest absolute Gasteiger partial charge is 0.216 e. The van der Waals surface area contributed by atoms with Gasteiger partial charge in [-0.1, -0.05) is 23.4 Å². The van der Waals surface area contributed by atoms with Crippen molar-refractivity contribution in [3.8, 4) is 5.88 Å². The van der Waals surface area contributed by atoms with Crippen LogP contribution in [-0.2, 0) is 12.8 Å². The Morgan fingerprint density at radius 3 is 2.50 bits per heavy atom. The first kappa shape index (κ1) is 13.8. The number of hydrogen-bond donors (Lipinski definition) is 0. The zero-order valence-corrected chi connectivity index (χ0v) is 12.9. The molecule has 2 nitrogen and oxygen atoms in total. The summed E-state index contributed by atoms with van der Waals surface area (Å²) >= 11 is 7.68. The maximum atomic E-state index is 5.93. The standard InChI is InChI=1S/C16H16ClNOS/c1-19-16-14-5-3-2-4-13(14)15(10-18-16)20-12-8-6-11(17)7-9-12/h6-10H,2-5H2,1H3. The SMILES string of the molecule is COc1ncc(Sc2ccc(Cl)cc2)c2c1CCCC2. The van der Waals surface area contributed by atoms with E-state index in [1.807, 2.05) is 30.5 Å². The van der Waals surface area contributed by atoms with Gasteiger partial charge in [0.1, 0.15) is 0 Å². The minimum atomic E-state index is 0.768. The van der Waals surface area contributed by atoms with Gasteiger partial charge in [0.05, 0.1) is 7.11 Å². The molecule has 1 aliphatic carbocycles. The number of methoxy groups -OCH3 is 1. The number of benzene rings is 1. The zero-order valence-electron chi connectivity index (χ0n) is 11.4. The van der Waals surface area contributed by atoms with Crippen LogP contribution in [0.25, 0.3) is 0 Å². The first-order chi connectivity index (χ1) is 9.78. The van der Waals surface area contributed by atoms with Crippen LogP contribution in [0.3, 0.4) is 0 Å². The van der Waals surface area contributed by atoms with E-state index >= 15 is 0 Å². The van der Waals surface area contributed by atoms with Gasteiger partial charge >= 0.3 is 0 Å². The largest absolute Gasteiger partial charge is 0.481 e. The second-order valence-corrected chi connectivity index (χ2v) is 6.40. The Balaban J connectivity index is 1.95. The van der Waals surface area contributed by atoms with E-state index in [-0.39, 0.29) is 0 Å². The molecular weight excluding hydrogens is 290 g/mol. The lowest BCUT2D eigenvalue weighted by Crippen LogP contribution is -2.08. The van der Waals surface area contributed by atoms with Crippen LogP contribution in [-0.4, -0.2) is 12.1 Å². The van der Waals surface area contributed by atoms with Gasteiger partial charge in [0.15, 0.2) is 0 Å². The van der Waals surface area contributed by atoms with Crippen LogP contribution < -0.4 is 4.74 Å². The van der Waals surface area contributed by atoms with Crippen molar-refractivity contribution < 1.29 is 4.74 Å². The van der Waals surface area contributed by atoms with Crippen LogP contribution >= 0.6 is 23.4 Å². The molecule has 0 saturated heterocycles. The van der Waals surface area contributed by atoms with E-state index in [1.165, 1.54) is 33.8 Å². The summed E-state index contributed by atoms with van der Waals surface area (Å²) in [6.45, 7) is 0. The Morgan fingerprint density at radius 1 is 1.10 bits per heavy atom. The summed E-state index contributed by atoms with van der Waals surface area (Å²) in [7, 11) is 1.70. The molecule has 0 atom stereocenters. The molecule has 3 rings (SSSR count). The highest BCUT2D eigenvalue weighted by molar-refractivity contribution is 7.99. The van der Waals surface area contributed by atoms with Crippen molar-refractivity contribution in [2.75, 3.05) is 7.11 Å². The molecule has 20 heavy (non-hydrogen) atoms.